The van der Waals surface area contributed by atoms with Gasteiger partial charge in [-0.3, -0.25) is 0 Å². The van der Waals surface area contributed by atoms with Crippen LogP contribution in [0.4, 0.5) is 0 Å². The van der Waals surface area contributed by atoms with Gasteiger partial charge in [-0.25, -0.2) is 13.1 Å². The van der Waals surface area contributed by atoms with Crippen LogP contribution in [0.3, 0.4) is 0 Å². The molecular weight excluding hydrogens is 240 g/mol. The van der Waals surface area contributed by atoms with Gasteiger partial charge in [-0.2, -0.15) is 0 Å². The minimum atomic E-state index is -3.49. The Morgan fingerprint density at radius 1 is 1.35 bits per heavy atom. The average molecular weight is 258 g/mol. The molecule has 0 bridgehead atoms. The van der Waals surface area contributed by atoms with Gasteiger partial charge in [-0.1, -0.05) is 18.2 Å². The van der Waals surface area contributed by atoms with Gasteiger partial charge in [-0.15, -0.1) is 0 Å². The smallest absolute Gasteiger partial charge is 0.240 e. The van der Waals surface area contributed by atoms with E-state index in [9.17, 15) is 8.42 Å². The first-order valence-electron chi connectivity index (χ1n) is 5.36. The second-order valence-corrected chi connectivity index (χ2v) is 5.38. The molecule has 96 valence electrons. The maximum Gasteiger partial charge on any atom is 0.240 e. The largest absolute Gasteiger partial charge is 0.383 e. The molecule has 0 aliphatic heterocycles. The van der Waals surface area contributed by atoms with Crippen molar-refractivity contribution in [2.45, 2.75) is 17.4 Å². The first-order chi connectivity index (χ1) is 8.10. The van der Waals surface area contributed by atoms with E-state index in [1.807, 2.05) is 0 Å². The van der Waals surface area contributed by atoms with E-state index in [1.54, 1.807) is 30.3 Å². The van der Waals surface area contributed by atoms with E-state index in [0.717, 1.165) is 0 Å². The number of nitrogens with two attached hydrogens (primary N) is 1. The standard InChI is InChI=1S/C11H18N2O3S/c1-16-9-10(7-8-12)13-17(14,15)11-5-3-2-4-6-11/h2-6,10,13H,7-9,12H2,1H3. The van der Waals surface area contributed by atoms with Gasteiger partial charge in [-0.05, 0) is 25.1 Å². The maximum absolute atomic E-state index is 12.0. The summed E-state index contributed by atoms with van der Waals surface area (Å²) in [7, 11) is -1.96. The Hall–Kier alpha value is -0.950. The van der Waals surface area contributed by atoms with Crippen LogP contribution >= 0.6 is 0 Å². The van der Waals surface area contributed by atoms with Crippen molar-refractivity contribution in [3.05, 3.63) is 30.3 Å². The highest BCUT2D eigenvalue weighted by Crippen LogP contribution is 2.08. The van der Waals surface area contributed by atoms with Crippen LogP contribution in [-0.2, 0) is 14.8 Å². The van der Waals surface area contributed by atoms with E-state index in [-0.39, 0.29) is 10.9 Å². The SMILES string of the molecule is COCC(CCN)NS(=O)(=O)c1ccccc1. The number of rotatable bonds is 7. The molecule has 6 heteroatoms. The number of ether oxygens (including phenoxy) is 1. The summed E-state index contributed by atoms with van der Waals surface area (Å²) in [5.74, 6) is 0. The summed E-state index contributed by atoms with van der Waals surface area (Å²) in [6.07, 6.45) is 0.542. The molecule has 0 spiro atoms. The van der Waals surface area contributed by atoms with Crippen LogP contribution < -0.4 is 10.5 Å². The van der Waals surface area contributed by atoms with Crippen LogP contribution in [0, 0.1) is 0 Å². The predicted molar refractivity (Wildman–Crippen MR) is 66.1 cm³/mol. The second kappa shape index (κ2) is 6.70. The zero-order chi connectivity index (χ0) is 12.7. The van der Waals surface area contributed by atoms with Crippen LogP contribution in [0.25, 0.3) is 0 Å². The molecule has 1 unspecified atom stereocenters. The molecule has 0 saturated heterocycles. The monoisotopic (exact) mass is 258 g/mol. The molecule has 0 heterocycles. The average Bonchev–Trinajstić information content (AvgIpc) is 2.30. The fraction of sp³-hybridized carbons (Fsp3) is 0.455. The lowest BCUT2D eigenvalue weighted by Crippen LogP contribution is -2.39. The molecule has 5 nitrogen and oxygen atoms in total. The Kier molecular flexibility index (Phi) is 5.57. The number of methoxy groups -OCH3 is 1. The van der Waals surface area contributed by atoms with E-state index in [1.165, 1.54) is 7.11 Å². The molecule has 1 atom stereocenters. The molecule has 0 aromatic heterocycles. The third kappa shape index (κ3) is 4.43. The topological polar surface area (TPSA) is 81.4 Å². The fourth-order valence-electron chi connectivity index (χ4n) is 1.47. The fourth-order valence-corrected chi connectivity index (χ4v) is 2.74. The van der Waals surface area contributed by atoms with Crippen LogP contribution in [0.1, 0.15) is 6.42 Å². The number of benzene rings is 1. The van der Waals surface area contributed by atoms with Gasteiger partial charge < -0.3 is 10.5 Å². The summed E-state index contributed by atoms with van der Waals surface area (Å²) in [6, 6.07) is 7.94. The highest BCUT2D eigenvalue weighted by atomic mass is 32.2. The van der Waals surface area contributed by atoms with Crippen LogP contribution in [0.5, 0.6) is 0 Å². The molecule has 1 aromatic carbocycles. The molecule has 0 amide bonds. The van der Waals surface area contributed by atoms with Crippen molar-refractivity contribution in [2.24, 2.45) is 5.73 Å². The van der Waals surface area contributed by atoms with Gasteiger partial charge in [0.05, 0.1) is 11.5 Å². The minimum absolute atomic E-state index is 0.248. The minimum Gasteiger partial charge on any atom is -0.383 e. The molecule has 0 saturated carbocycles. The summed E-state index contributed by atoms with van der Waals surface area (Å²) in [5, 5.41) is 0. The lowest BCUT2D eigenvalue weighted by Gasteiger charge is -2.17. The summed E-state index contributed by atoms with van der Waals surface area (Å²) in [6.45, 7) is 0.717. The van der Waals surface area contributed by atoms with Crippen LogP contribution in [0.2, 0.25) is 0 Å². The van der Waals surface area contributed by atoms with E-state index in [0.29, 0.717) is 19.6 Å². The van der Waals surface area contributed by atoms with E-state index in [2.05, 4.69) is 4.72 Å². The van der Waals surface area contributed by atoms with Crippen molar-refractivity contribution in [2.75, 3.05) is 20.3 Å². The van der Waals surface area contributed by atoms with E-state index < -0.39 is 10.0 Å². The van der Waals surface area contributed by atoms with Gasteiger partial charge in [0.2, 0.25) is 10.0 Å². The first-order valence-corrected chi connectivity index (χ1v) is 6.85. The normalized spacial score (nSPS) is 13.5. The predicted octanol–water partition coefficient (Wildman–Crippen LogP) is 0.329. The third-order valence-corrected chi connectivity index (χ3v) is 3.79. The van der Waals surface area contributed by atoms with Crippen molar-refractivity contribution in [1.82, 2.24) is 4.72 Å². The summed E-state index contributed by atoms with van der Waals surface area (Å²) >= 11 is 0. The third-order valence-electron chi connectivity index (χ3n) is 2.26. The maximum atomic E-state index is 12.0. The molecule has 17 heavy (non-hydrogen) atoms. The highest BCUT2D eigenvalue weighted by Gasteiger charge is 2.18. The zero-order valence-electron chi connectivity index (χ0n) is 9.80. The molecule has 0 fully saturated rings. The van der Waals surface area contributed by atoms with Crippen LogP contribution in [0.15, 0.2) is 35.2 Å². The number of hydrogen-bond acceptors (Lipinski definition) is 4. The van der Waals surface area contributed by atoms with Crippen molar-refractivity contribution >= 4 is 10.0 Å². The van der Waals surface area contributed by atoms with Crippen LogP contribution in [-0.4, -0.2) is 34.7 Å². The van der Waals surface area contributed by atoms with Gasteiger partial charge in [0, 0.05) is 13.2 Å². The van der Waals surface area contributed by atoms with Gasteiger partial charge in [0.15, 0.2) is 0 Å². The number of hydrogen-bond donors (Lipinski definition) is 2. The van der Waals surface area contributed by atoms with E-state index >= 15 is 0 Å². The summed E-state index contributed by atoms with van der Waals surface area (Å²) in [4.78, 5) is 0.248. The number of nitrogens with one attached hydrogen (secondary N) is 1. The molecular formula is C11H18N2O3S. The molecule has 3 N–H and O–H groups in total. The first kappa shape index (κ1) is 14.1. The zero-order valence-corrected chi connectivity index (χ0v) is 10.6. The van der Waals surface area contributed by atoms with Gasteiger partial charge in [0.1, 0.15) is 0 Å². The van der Waals surface area contributed by atoms with Crippen molar-refractivity contribution in [1.29, 1.82) is 0 Å². The van der Waals surface area contributed by atoms with Crippen molar-refractivity contribution < 1.29 is 13.2 Å². The quantitative estimate of drug-likeness (QED) is 0.738. The summed E-state index contributed by atoms with van der Waals surface area (Å²) in [5.41, 5.74) is 5.43. The Labute approximate surface area is 102 Å². The van der Waals surface area contributed by atoms with Crippen molar-refractivity contribution in [3.8, 4) is 0 Å². The lowest BCUT2D eigenvalue weighted by molar-refractivity contribution is 0.172. The highest BCUT2D eigenvalue weighted by molar-refractivity contribution is 7.89. The lowest BCUT2D eigenvalue weighted by atomic mass is 10.2. The molecule has 1 rings (SSSR count). The van der Waals surface area contributed by atoms with Gasteiger partial charge >= 0.3 is 0 Å². The Morgan fingerprint density at radius 2 is 2.00 bits per heavy atom. The molecule has 0 radical (unpaired) electrons. The number of sulfonamides is 1. The molecule has 0 aliphatic carbocycles. The Bertz CT molecular complexity index is 414. The Morgan fingerprint density at radius 3 is 2.53 bits per heavy atom. The summed E-state index contributed by atoms with van der Waals surface area (Å²) < 4.78 is 31.5. The van der Waals surface area contributed by atoms with Gasteiger partial charge in [0.25, 0.3) is 0 Å². The van der Waals surface area contributed by atoms with E-state index in [4.69, 9.17) is 10.5 Å². The second-order valence-electron chi connectivity index (χ2n) is 3.66. The van der Waals surface area contributed by atoms with Crippen molar-refractivity contribution in [3.63, 3.8) is 0 Å². The molecule has 1 aromatic rings. The molecule has 0 aliphatic rings. The Balaban J connectivity index is 2.77.